The van der Waals surface area contributed by atoms with Crippen LogP contribution in [0.4, 0.5) is 0 Å². The van der Waals surface area contributed by atoms with Crippen molar-refractivity contribution in [1.82, 2.24) is 0 Å². The maximum Gasteiger partial charge on any atom is 0.169 e. The van der Waals surface area contributed by atoms with E-state index in [9.17, 15) is 10.2 Å². The topological polar surface area (TPSA) is 53.6 Å². The number of hydrogen-bond acceptors (Lipinski definition) is 4. The molecule has 0 aliphatic rings. The van der Waals surface area contributed by atoms with E-state index in [2.05, 4.69) is 0 Å². The molecule has 0 saturated heterocycles. The van der Waals surface area contributed by atoms with Gasteiger partial charge in [0.15, 0.2) is 17.1 Å². The van der Waals surface area contributed by atoms with E-state index in [1.807, 2.05) is 5.38 Å². The van der Waals surface area contributed by atoms with Gasteiger partial charge in [0.05, 0.1) is 16.3 Å². The van der Waals surface area contributed by atoms with Crippen LogP contribution in [0.2, 0.25) is 0 Å². The Labute approximate surface area is 82.8 Å². The molecule has 0 unspecified atom stereocenters. The number of furan rings is 1. The van der Waals surface area contributed by atoms with Crippen LogP contribution in [0.3, 0.4) is 0 Å². The van der Waals surface area contributed by atoms with E-state index in [0.29, 0.717) is 16.4 Å². The lowest BCUT2D eigenvalue weighted by atomic mass is 10.1. The monoisotopic (exact) mass is 206 g/mol. The minimum atomic E-state index is -0.111. The van der Waals surface area contributed by atoms with Crippen molar-refractivity contribution in [2.75, 3.05) is 0 Å². The van der Waals surface area contributed by atoms with E-state index in [4.69, 9.17) is 4.42 Å². The summed E-state index contributed by atoms with van der Waals surface area (Å²) in [6.07, 6.45) is 1.50. The molecule has 0 spiro atoms. The van der Waals surface area contributed by atoms with Crippen LogP contribution in [-0.4, -0.2) is 10.2 Å². The molecule has 0 atom stereocenters. The number of phenolic OH excluding ortho intramolecular Hbond substituents is 2. The van der Waals surface area contributed by atoms with Gasteiger partial charge in [-0.2, -0.15) is 0 Å². The maximum absolute atomic E-state index is 9.68. The van der Waals surface area contributed by atoms with Crippen molar-refractivity contribution < 1.29 is 14.6 Å². The zero-order valence-electron chi connectivity index (χ0n) is 7.02. The summed E-state index contributed by atoms with van der Waals surface area (Å²) in [6, 6.07) is 3.40. The summed E-state index contributed by atoms with van der Waals surface area (Å²) in [6.45, 7) is 0. The van der Waals surface area contributed by atoms with Crippen molar-refractivity contribution in [2.45, 2.75) is 0 Å². The van der Waals surface area contributed by atoms with Crippen molar-refractivity contribution in [3.8, 4) is 11.5 Å². The summed E-state index contributed by atoms with van der Waals surface area (Å²) < 4.78 is 6.13. The van der Waals surface area contributed by atoms with Gasteiger partial charge in [-0.15, -0.1) is 11.3 Å². The van der Waals surface area contributed by atoms with Gasteiger partial charge in [0.25, 0.3) is 0 Å². The number of thiophene rings is 1. The van der Waals surface area contributed by atoms with Crippen molar-refractivity contribution in [2.24, 2.45) is 0 Å². The van der Waals surface area contributed by atoms with Gasteiger partial charge in [-0.3, -0.25) is 0 Å². The zero-order valence-corrected chi connectivity index (χ0v) is 7.84. The molecule has 0 amide bonds. The molecule has 3 rings (SSSR count). The lowest BCUT2D eigenvalue weighted by molar-refractivity contribution is 0.412. The molecule has 3 nitrogen and oxygen atoms in total. The first-order valence-corrected chi connectivity index (χ1v) is 4.95. The number of benzene rings is 1. The predicted octanol–water partition coefficient (Wildman–Crippen LogP) is 3.06. The normalized spacial score (nSPS) is 11.4. The molecular formula is C10H6O3S. The van der Waals surface area contributed by atoms with Crippen LogP contribution in [-0.2, 0) is 0 Å². The van der Waals surface area contributed by atoms with Crippen molar-refractivity contribution >= 4 is 32.4 Å². The molecule has 14 heavy (non-hydrogen) atoms. The lowest BCUT2D eigenvalue weighted by Gasteiger charge is -2.00. The molecule has 2 N–H and O–H groups in total. The smallest absolute Gasteiger partial charge is 0.169 e. The molecule has 0 bridgehead atoms. The van der Waals surface area contributed by atoms with Crippen LogP contribution >= 0.6 is 11.3 Å². The number of fused-ring (bicyclic) bond motifs is 3. The summed E-state index contributed by atoms with van der Waals surface area (Å²) in [5.74, 6) is -0.185. The zero-order chi connectivity index (χ0) is 9.71. The molecule has 2 heterocycles. The van der Waals surface area contributed by atoms with Crippen molar-refractivity contribution in [3.63, 3.8) is 0 Å². The molecule has 4 heteroatoms. The van der Waals surface area contributed by atoms with Crippen LogP contribution < -0.4 is 0 Å². The largest absolute Gasteiger partial charge is 0.504 e. The molecule has 0 saturated carbocycles. The third-order valence-corrected chi connectivity index (χ3v) is 3.18. The number of rotatable bonds is 0. The first kappa shape index (κ1) is 7.70. The third kappa shape index (κ3) is 0.761. The van der Waals surface area contributed by atoms with E-state index < -0.39 is 0 Å². The molecule has 0 fully saturated rings. The number of phenols is 2. The first-order valence-electron chi connectivity index (χ1n) is 4.07. The average molecular weight is 206 g/mol. The second-order valence-corrected chi connectivity index (χ2v) is 3.94. The highest BCUT2D eigenvalue weighted by Gasteiger charge is 2.15. The van der Waals surface area contributed by atoms with E-state index in [0.717, 1.165) is 4.70 Å². The average Bonchev–Trinajstić information content (AvgIpc) is 2.80. The Morgan fingerprint density at radius 1 is 1.07 bits per heavy atom. The van der Waals surface area contributed by atoms with Crippen LogP contribution in [0.5, 0.6) is 11.5 Å². The van der Waals surface area contributed by atoms with Crippen LogP contribution in [0.15, 0.2) is 28.2 Å². The fraction of sp³-hybridized carbons (Fsp3) is 0. The fourth-order valence-electron chi connectivity index (χ4n) is 1.60. The Morgan fingerprint density at radius 3 is 2.71 bits per heavy atom. The fourth-order valence-corrected chi connectivity index (χ4v) is 2.50. The van der Waals surface area contributed by atoms with Gasteiger partial charge in [0.2, 0.25) is 0 Å². The van der Waals surface area contributed by atoms with E-state index in [-0.39, 0.29) is 11.5 Å². The summed E-state index contributed by atoms with van der Waals surface area (Å²) in [5, 5.41) is 22.4. The minimum absolute atomic E-state index is 0.0739. The second-order valence-electron chi connectivity index (χ2n) is 3.02. The van der Waals surface area contributed by atoms with Crippen LogP contribution in [0.1, 0.15) is 0 Å². The van der Waals surface area contributed by atoms with Crippen molar-refractivity contribution in [3.05, 3.63) is 23.8 Å². The van der Waals surface area contributed by atoms with Gasteiger partial charge in [0, 0.05) is 5.39 Å². The molecule has 1 aromatic carbocycles. The van der Waals surface area contributed by atoms with E-state index >= 15 is 0 Å². The Bertz CT molecular complexity index is 565. The molecular weight excluding hydrogens is 200 g/mol. The van der Waals surface area contributed by atoms with Gasteiger partial charge >= 0.3 is 0 Å². The molecule has 0 aliphatic carbocycles. The molecule has 0 radical (unpaired) electrons. The highest BCUT2D eigenvalue weighted by Crippen LogP contribution is 2.44. The standard InChI is InChI=1S/C10H6O3S/c11-7-5-1-3-13-9(5)10-6(8(7)12)2-4-14-10/h1-4,11-12H. The minimum Gasteiger partial charge on any atom is -0.504 e. The molecule has 0 aliphatic heterocycles. The van der Waals surface area contributed by atoms with Gasteiger partial charge < -0.3 is 14.6 Å². The predicted molar refractivity (Wildman–Crippen MR) is 54.9 cm³/mol. The highest BCUT2D eigenvalue weighted by molar-refractivity contribution is 7.18. The quantitative estimate of drug-likeness (QED) is 0.556. The second kappa shape index (κ2) is 2.42. The Hall–Kier alpha value is -1.68. The summed E-state index contributed by atoms with van der Waals surface area (Å²) in [4.78, 5) is 0. The lowest BCUT2D eigenvalue weighted by Crippen LogP contribution is -1.72. The summed E-state index contributed by atoms with van der Waals surface area (Å²) >= 11 is 1.48. The van der Waals surface area contributed by atoms with Gasteiger partial charge in [-0.05, 0) is 17.5 Å². The Balaban J connectivity index is 2.73. The Morgan fingerprint density at radius 2 is 1.86 bits per heavy atom. The number of hydrogen-bond donors (Lipinski definition) is 2. The van der Waals surface area contributed by atoms with E-state index in [1.54, 1.807) is 12.1 Å². The molecule has 3 aromatic rings. The number of aromatic hydroxyl groups is 2. The molecule has 2 aromatic heterocycles. The van der Waals surface area contributed by atoms with Gasteiger partial charge in [-0.1, -0.05) is 0 Å². The third-order valence-electron chi connectivity index (χ3n) is 2.27. The SMILES string of the molecule is Oc1c(O)c2ccsc2c2occc12. The molecule has 70 valence electrons. The summed E-state index contributed by atoms with van der Waals surface area (Å²) in [7, 11) is 0. The van der Waals surface area contributed by atoms with Crippen molar-refractivity contribution in [1.29, 1.82) is 0 Å². The van der Waals surface area contributed by atoms with Gasteiger partial charge in [-0.25, -0.2) is 0 Å². The van der Waals surface area contributed by atoms with E-state index in [1.165, 1.54) is 17.6 Å². The van der Waals surface area contributed by atoms with Gasteiger partial charge in [0.1, 0.15) is 0 Å². The summed E-state index contributed by atoms with van der Waals surface area (Å²) in [5.41, 5.74) is 0.630. The van der Waals surface area contributed by atoms with Crippen LogP contribution in [0, 0.1) is 0 Å². The first-order chi connectivity index (χ1) is 6.79. The maximum atomic E-state index is 9.68. The Kier molecular flexibility index (Phi) is 1.33. The van der Waals surface area contributed by atoms with Crippen LogP contribution in [0.25, 0.3) is 21.1 Å². The highest BCUT2D eigenvalue weighted by atomic mass is 32.1.